The minimum atomic E-state index is -4.36. The Morgan fingerprint density at radius 1 is 1.00 bits per heavy atom. The van der Waals surface area contributed by atoms with Crippen LogP contribution in [-0.2, 0) is 16.4 Å². The molecule has 20 heavy (non-hydrogen) atoms. The van der Waals surface area contributed by atoms with E-state index in [0.717, 1.165) is 16.4 Å². The number of rotatable bonds is 2. The van der Waals surface area contributed by atoms with Crippen LogP contribution in [0.4, 0.5) is 18.9 Å². The van der Waals surface area contributed by atoms with Crippen molar-refractivity contribution < 1.29 is 21.6 Å². The van der Waals surface area contributed by atoms with Crippen molar-refractivity contribution >= 4 is 15.9 Å². The van der Waals surface area contributed by atoms with Gasteiger partial charge in [-0.2, -0.15) is 25.9 Å². The van der Waals surface area contributed by atoms with Crippen molar-refractivity contribution in [2.45, 2.75) is 6.18 Å². The van der Waals surface area contributed by atoms with Crippen molar-refractivity contribution in [3.05, 3.63) is 29.8 Å². The topological polar surface area (TPSA) is 66.6 Å². The first-order valence-corrected chi connectivity index (χ1v) is 7.38. The lowest BCUT2D eigenvalue weighted by molar-refractivity contribution is -0.137. The number of nitrogens with two attached hydrogens (primary N) is 1. The molecule has 1 saturated heterocycles. The molecule has 0 spiro atoms. The van der Waals surface area contributed by atoms with E-state index in [4.69, 9.17) is 5.14 Å². The monoisotopic (exact) mass is 309 g/mol. The van der Waals surface area contributed by atoms with E-state index in [1.54, 1.807) is 0 Å². The van der Waals surface area contributed by atoms with Gasteiger partial charge < -0.3 is 4.90 Å². The summed E-state index contributed by atoms with van der Waals surface area (Å²) in [5.74, 6) is 0. The van der Waals surface area contributed by atoms with E-state index in [1.807, 2.05) is 4.90 Å². The number of hydrogen-bond acceptors (Lipinski definition) is 3. The molecule has 2 N–H and O–H groups in total. The molecule has 1 heterocycles. The van der Waals surface area contributed by atoms with Crippen molar-refractivity contribution in [1.29, 1.82) is 0 Å². The molecular weight excluding hydrogens is 295 g/mol. The first-order valence-electron chi connectivity index (χ1n) is 5.88. The smallest absolute Gasteiger partial charge is 0.369 e. The molecule has 1 aromatic rings. The molecule has 0 unspecified atom stereocenters. The van der Waals surface area contributed by atoms with Gasteiger partial charge in [0.25, 0.3) is 10.2 Å². The summed E-state index contributed by atoms with van der Waals surface area (Å²) in [5.41, 5.74) is -0.0727. The molecule has 0 amide bonds. The molecule has 0 atom stereocenters. The van der Waals surface area contributed by atoms with Crippen LogP contribution >= 0.6 is 0 Å². The summed E-state index contributed by atoms with van der Waals surface area (Å²) in [4.78, 5) is 1.82. The average molecular weight is 309 g/mol. The number of hydrogen-bond donors (Lipinski definition) is 1. The van der Waals surface area contributed by atoms with Gasteiger partial charge in [0.15, 0.2) is 0 Å². The fraction of sp³-hybridized carbons (Fsp3) is 0.455. The predicted octanol–water partition coefficient (Wildman–Crippen LogP) is 1.03. The van der Waals surface area contributed by atoms with Gasteiger partial charge in [-0.1, -0.05) is 0 Å². The van der Waals surface area contributed by atoms with Crippen LogP contribution in [0.1, 0.15) is 5.56 Å². The van der Waals surface area contributed by atoms with Gasteiger partial charge in [-0.05, 0) is 24.3 Å². The number of nitrogens with zero attached hydrogens (tertiary/aromatic N) is 2. The fourth-order valence-corrected chi connectivity index (χ4v) is 2.73. The highest BCUT2D eigenvalue weighted by Gasteiger charge is 2.30. The Balaban J connectivity index is 2.04. The lowest BCUT2D eigenvalue weighted by atomic mass is 10.2. The third kappa shape index (κ3) is 3.41. The zero-order chi connectivity index (χ0) is 15.0. The SMILES string of the molecule is NS(=O)(=O)N1CCN(c2ccc(C(F)(F)F)cc2)CC1. The number of piperazine rings is 1. The summed E-state index contributed by atoms with van der Waals surface area (Å²) >= 11 is 0. The van der Waals surface area contributed by atoms with E-state index >= 15 is 0 Å². The molecule has 112 valence electrons. The molecule has 0 aromatic heterocycles. The van der Waals surface area contributed by atoms with Gasteiger partial charge in [-0.15, -0.1) is 0 Å². The molecule has 1 aliphatic rings. The summed E-state index contributed by atoms with van der Waals surface area (Å²) in [6.45, 7) is 1.23. The second-order valence-electron chi connectivity index (χ2n) is 4.48. The van der Waals surface area contributed by atoms with E-state index in [2.05, 4.69) is 0 Å². The highest BCUT2D eigenvalue weighted by molar-refractivity contribution is 7.86. The highest BCUT2D eigenvalue weighted by atomic mass is 32.2. The van der Waals surface area contributed by atoms with Crippen LogP contribution in [0.25, 0.3) is 0 Å². The van der Waals surface area contributed by atoms with Crippen LogP contribution in [0, 0.1) is 0 Å². The second-order valence-corrected chi connectivity index (χ2v) is 6.02. The van der Waals surface area contributed by atoms with Gasteiger partial charge in [0.1, 0.15) is 0 Å². The largest absolute Gasteiger partial charge is 0.416 e. The normalized spacial score (nSPS) is 18.3. The third-order valence-corrected chi connectivity index (χ3v) is 4.24. The predicted molar refractivity (Wildman–Crippen MR) is 68.3 cm³/mol. The molecular formula is C11H14F3N3O2S. The van der Waals surface area contributed by atoms with Gasteiger partial charge in [-0.25, -0.2) is 5.14 Å². The van der Waals surface area contributed by atoms with Crippen LogP contribution in [0.2, 0.25) is 0 Å². The van der Waals surface area contributed by atoms with Crippen LogP contribution in [0.3, 0.4) is 0 Å². The van der Waals surface area contributed by atoms with E-state index in [9.17, 15) is 21.6 Å². The maximum Gasteiger partial charge on any atom is 0.416 e. The zero-order valence-corrected chi connectivity index (χ0v) is 11.3. The van der Waals surface area contributed by atoms with Gasteiger partial charge in [0.2, 0.25) is 0 Å². The minimum absolute atomic E-state index is 0.222. The number of halogens is 3. The summed E-state index contributed by atoms with van der Waals surface area (Å²) < 4.78 is 60.8. The molecule has 1 aliphatic heterocycles. The fourth-order valence-electron chi connectivity index (χ4n) is 2.06. The zero-order valence-electron chi connectivity index (χ0n) is 10.5. The van der Waals surface area contributed by atoms with Crippen molar-refractivity contribution in [2.24, 2.45) is 5.14 Å². The molecule has 5 nitrogen and oxygen atoms in total. The Morgan fingerprint density at radius 3 is 1.90 bits per heavy atom. The summed E-state index contributed by atoms with van der Waals surface area (Å²) in [6, 6.07) is 4.80. The maximum atomic E-state index is 12.4. The standard InChI is InChI=1S/C11H14F3N3O2S/c12-11(13,14)9-1-3-10(4-2-9)16-5-7-17(8-6-16)20(15,18)19/h1-4H,5-8H2,(H2,15,18,19). The van der Waals surface area contributed by atoms with Crippen LogP contribution < -0.4 is 10.0 Å². The lowest BCUT2D eigenvalue weighted by Gasteiger charge is -2.34. The molecule has 0 radical (unpaired) electrons. The summed E-state index contributed by atoms with van der Waals surface area (Å²) in [5, 5.41) is 5.02. The van der Waals surface area contributed by atoms with Crippen molar-refractivity contribution in [1.82, 2.24) is 4.31 Å². The van der Waals surface area contributed by atoms with Crippen molar-refractivity contribution in [3.8, 4) is 0 Å². The van der Waals surface area contributed by atoms with Gasteiger partial charge >= 0.3 is 6.18 Å². The first kappa shape index (κ1) is 15.1. The second kappa shape index (κ2) is 5.23. The quantitative estimate of drug-likeness (QED) is 0.887. The Morgan fingerprint density at radius 2 is 1.50 bits per heavy atom. The number of anilines is 1. The van der Waals surface area contributed by atoms with Crippen molar-refractivity contribution in [2.75, 3.05) is 31.1 Å². The molecule has 2 rings (SSSR count). The average Bonchev–Trinajstić information content (AvgIpc) is 2.37. The van der Waals surface area contributed by atoms with Crippen LogP contribution in [0.5, 0.6) is 0 Å². The third-order valence-electron chi connectivity index (χ3n) is 3.16. The Kier molecular flexibility index (Phi) is 3.94. The molecule has 0 saturated carbocycles. The summed E-state index contributed by atoms with van der Waals surface area (Å²) in [6.07, 6.45) is -4.36. The first-order chi connectivity index (χ1) is 9.18. The number of alkyl halides is 3. The maximum absolute atomic E-state index is 12.4. The van der Waals surface area contributed by atoms with Gasteiger partial charge in [0, 0.05) is 31.9 Å². The molecule has 9 heteroatoms. The molecule has 0 aliphatic carbocycles. The van der Waals surface area contributed by atoms with Crippen molar-refractivity contribution in [3.63, 3.8) is 0 Å². The minimum Gasteiger partial charge on any atom is -0.369 e. The van der Waals surface area contributed by atoms with E-state index in [-0.39, 0.29) is 13.1 Å². The number of benzene rings is 1. The van der Waals surface area contributed by atoms with Crippen LogP contribution in [0.15, 0.2) is 24.3 Å². The Labute approximate surface area is 115 Å². The summed E-state index contributed by atoms with van der Waals surface area (Å²) in [7, 11) is -3.70. The molecule has 1 aromatic carbocycles. The van der Waals surface area contributed by atoms with E-state index in [0.29, 0.717) is 18.8 Å². The highest BCUT2D eigenvalue weighted by Crippen LogP contribution is 2.30. The van der Waals surface area contributed by atoms with E-state index in [1.165, 1.54) is 12.1 Å². The van der Waals surface area contributed by atoms with Gasteiger partial charge in [-0.3, -0.25) is 0 Å². The molecule has 0 bridgehead atoms. The van der Waals surface area contributed by atoms with Gasteiger partial charge in [0.05, 0.1) is 5.56 Å². The Bertz CT molecular complexity index is 564. The Hall–Kier alpha value is -1.32. The lowest BCUT2D eigenvalue weighted by Crippen LogP contribution is -2.50. The van der Waals surface area contributed by atoms with Crippen LogP contribution in [-0.4, -0.2) is 38.9 Å². The molecule has 1 fully saturated rings. The van der Waals surface area contributed by atoms with E-state index < -0.39 is 21.9 Å².